The quantitative estimate of drug-likeness (QED) is 0.481. The lowest BCUT2D eigenvalue weighted by Crippen LogP contribution is -2.50. The molecule has 0 saturated heterocycles. The van der Waals surface area contributed by atoms with Gasteiger partial charge in [-0.1, -0.05) is 26.8 Å². The van der Waals surface area contributed by atoms with E-state index in [0.717, 1.165) is 5.56 Å². The summed E-state index contributed by atoms with van der Waals surface area (Å²) in [7, 11) is 1.40. The number of amides is 2. The minimum Gasteiger partial charge on any atom is -0.493 e. The van der Waals surface area contributed by atoms with Crippen LogP contribution < -0.4 is 20.1 Å². The van der Waals surface area contributed by atoms with E-state index in [0.29, 0.717) is 18.6 Å². The first-order valence-electron chi connectivity index (χ1n) is 11.1. The van der Waals surface area contributed by atoms with Gasteiger partial charge >= 0.3 is 12.3 Å². The number of hydrogen-bond donors (Lipinski definition) is 2. The monoisotopic (exact) mass is 490 g/mol. The Bertz CT molecular complexity index is 814. The Balaban J connectivity index is 2.75. The van der Waals surface area contributed by atoms with Gasteiger partial charge < -0.3 is 24.8 Å². The van der Waals surface area contributed by atoms with E-state index in [-0.39, 0.29) is 23.6 Å². The smallest absolute Gasteiger partial charge is 0.408 e. The third-order valence-electron chi connectivity index (χ3n) is 4.41. The maximum absolute atomic E-state index is 12.8. The Kier molecular flexibility index (Phi) is 10.5. The van der Waals surface area contributed by atoms with Crippen LogP contribution in [0.1, 0.15) is 59.9 Å². The Hall–Kier alpha value is -2.65. The van der Waals surface area contributed by atoms with Gasteiger partial charge in [-0.3, -0.25) is 4.79 Å². The Morgan fingerprint density at radius 3 is 2.21 bits per heavy atom. The standard InChI is InChI=1S/C24H37F3N2O5/c1-22(2,3)15-17(29-21(31)34-23(4,5)6)20(30)28-12-10-16-8-9-18(32-7)19(14-16)33-13-11-24(25,26)27/h8-9,14,17H,10-13,15H2,1-7H3,(H,28,30)(H,29,31)/t17-/m1/s1. The highest BCUT2D eigenvalue weighted by molar-refractivity contribution is 5.85. The summed E-state index contributed by atoms with van der Waals surface area (Å²) >= 11 is 0. The average Bonchev–Trinajstić information content (AvgIpc) is 2.64. The number of alkyl halides is 3. The Morgan fingerprint density at radius 2 is 1.68 bits per heavy atom. The predicted octanol–water partition coefficient (Wildman–Crippen LogP) is 5.01. The fourth-order valence-corrected chi connectivity index (χ4v) is 2.99. The van der Waals surface area contributed by atoms with Gasteiger partial charge in [-0.2, -0.15) is 13.2 Å². The van der Waals surface area contributed by atoms with Crippen molar-refractivity contribution in [2.24, 2.45) is 5.41 Å². The van der Waals surface area contributed by atoms with Crippen molar-refractivity contribution < 1.29 is 37.0 Å². The lowest BCUT2D eigenvalue weighted by atomic mass is 9.88. The highest BCUT2D eigenvalue weighted by atomic mass is 19.4. The Labute approximate surface area is 199 Å². The molecule has 0 fully saturated rings. The molecule has 0 saturated carbocycles. The van der Waals surface area contributed by atoms with Crippen LogP contribution in [0.3, 0.4) is 0 Å². The normalized spacial score (nSPS) is 13.1. The van der Waals surface area contributed by atoms with E-state index in [1.54, 1.807) is 39.0 Å². The first-order chi connectivity index (χ1) is 15.5. The summed E-state index contributed by atoms with van der Waals surface area (Å²) in [5.74, 6) is 0.172. The fraction of sp³-hybridized carbons (Fsp3) is 0.667. The lowest BCUT2D eigenvalue weighted by molar-refractivity contribution is -0.139. The number of carbonyl (C=O) groups excluding carboxylic acids is 2. The maximum atomic E-state index is 12.8. The summed E-state index contributed by atoms with van der Waals surface area (Å²) in [6.07, 6.45) is -5.26. The molecule has 0 aromatic heterocycles. The maximum Gasteiger partial charge on any atom is 0.408 e. The van der Waals surface area contributed by atoms with Crippen molar-refractivity contribution in [3.8, 4) is 11.5 Å². The molecule has 1 atom stereocenters. The number of rotatable bonds is 10. The van der Waals surface area contributed by atoms with Crippen molar-refractivity contribution in [1.82, 2.24) is 10.6 Å². The van der Waals surface area contributed by atoms with Gasteiger partial charge in [0.1, 0.15) is 11.6 Å². The number of methoxy groups -OCH3 is 1. The molecule has 0 radical (unpaired) electrons. The topological polar surface area (TPSA) is 85.9 Å². The molecule has 0 aliphatic carbocycles. The molecule has 0 heterocycles. The van der Waals surface area contributed by atoms with Crippen LogP contribution in [-0.2, 0) is 16.0 Å². The summed E-state index contributed by atoms with van der Waals surface area (Å²) < 4.78 is 52.9. The van der Waals surface area contributed by atoms with E-state index in [9.17, 15) is 22.8 Å². The van der Waals surface area contributed by atoms with E-state index in [1.807, 2.05) is 20.8 Å². The number of benzene rings is 1. The predicted molar refractivity (Wildman–Crippen MR) is 123 cm³/mol. The number of nitrogens with one attached hydrogen (secondary N) is 2. The zero-order valence-corrected chi connectivity index (χ0v) is 21.0. The second kappa shape index (κ2) is 12.2. The van der Waals surface area contributed by atoms with Crippen molar-refractivity contribution in [1.29, 1.82) is 0 Å². The molecule has 194 valence electrons. The van der Waals surface area contributed by atoms with E-state index in [1.165, 1.54) is 7.11 Å². The first-order valence-corrected chi connectivity index (χ1v) is 11.1. The summed E-state index contributed by atoms with van der Waals surface area (Å²) in [6.45, 7) is 10.8. The molecule has 2 amide bonds. The number of carbonyl (C=O) groups is 2. The van der Waals surface area contributed by atoms with Gasteiger partial charge in [-0.25, -0.2) is 4.79 Å². The SMILES string of the molecule is COc1ccc(CCNC(=O)[C@@H](CC(C)(C)C)NC(=O)OC(C)(C)C)cc1OCCC(F)(F)F. The number of hydrogen-bond acceptors (Lipinski definition) is 5. The van der Waals surface area contributed by atoms with Crippen molar-refractivity contribution in [2.75, 3.05) is 20.3 Å². The largest absolute Gasteiger partial charge is 0.493 e. The van der Waals surface area contributed by atoms with Crippen LogP contribution in [0.15, 0.2) is 18.2 Å². The van der Waals surface area contributed by atoms with Gasteiger partial charge in [0, 0.05) is 6.54 Å². The van der Waals surface area contributed by atoms with E-state index in [4.69, 9.17) is 14.2 Å². The van der Waals surface area contributed by atoms with E-state index in [2.05, 4.69) is 10.6 Å². The van der Waals surface area contributed by atoms with Crippen LogP contribution in [0, 0.1) is 5.41 Å². The molecule has 34 heavy (non-hydrogen) atoms. The molecule has 1 aromatic rings. The van der Waals surface area contributed by atoms with E-state index >= 15 is 0 Å². The van der Waals surface area contributed by atoms with Crippen molar-refractivity contribution in [2.45, 2.75) is 78.6 Å². The molecule has 7 nitrogen and oxygen atoms in total. The van der Waals surface area contributed by atoms with Crippen LogP contribution in [0.4, 0.5) is 18.0 Å². The van der Waals surface area contributed by atoms with Gasteiger partial charge in [-0.15, -0.1) is 0 Å². The molecular formula is C24H37F3N2O5. The van der Waals surface area contributed by atoms with Crippen molar-refractivity contribution in [3.63, 3.8) is 0 Å². The number of ether oxygens (including phenoxy) is 3. The van der Waals surface area contributed by atoms with Gasteiger partial charge in [0.15, 0.2) is 11.5 Å². The average molecular weight is 491 g/mol. The summed E-state index contributed by atoms with van der Waals surface area (Å²) in [5, 5.41) is 5.44. The molecule has 0 unspecified atom stereocenters. The van der Waals surface area contributed by atoms with Crippen LogP contribution in [-0.4, -0.2) is 50.1 Å². The summed E-state index contributed by atoms with van der Waals surface area (Å²) in [5.41, 5.74) is -0.174. The lowest BCUT2D eigenvalue weighted by Gasteiger charge is -2.27. The van der Waals surface area contributed by atoms with Crippen LogP contribution in [0.25, 0.3) is 0 Å². The third-order valence-corrected chi connectivity index (χ3v) is 4.41. The summed E-state index contributed by atoms with van der Waals surface area (Å²) in [6, 6.07) is 4.15. The second-order valence-corrected chi connectivity index (χ2v) is 10.2. The van der Waals surface area contributed by atoms with Crippen LogP contribution in [0.5, 0.6) is 11.5 Å². The molecule has 0 aliphatic heterocycles. The molecule has 10 heteroatoms. The number of alkyl carbamates (subject to hydrolysis) is 1. The minimum atomic E-state index is -4.31. The molecule has 0 bridgehead atoms. The molecule has 1 aromatic carbocycles. The van der Waals surface area contributed by atoms with Crippen molar-refractivity contribution >= 4 is 12.0 Å². The second-order valence-electron chi connectivity index (χ2n) is 10.2. The van der Waals surface area contributed by atoms with Crippen LogP contribution >= 0.6 is 0 Å². The van der Waals surface area contributed by atoms with Gasteiger partial charge in [0.25, 0.3) is 0 Å². The van der Waals surface area contributed by atoms with Gasteiger partial charge in [-0.05, 0) is 56.7 Å². The Morgan fingerprint density at radius 1 is 1.03 bits per heavy atom. The fourth-order valence-electron chi connectivity index (χ4n) is 2.99. The zero-order chi connectivity index (χ0) is 26.2. The van der Waals surface area contributed by atoms with Crippen LogP contribution in [0.2, 0.25) is 0 Å². The minimum absolute atomic E-state index is 0.202. The molecule has 1 rings (SSSR count). The molecule has 0 spiro atoms. The molecular weight excluding hydrogens is 453 g/mol. The highest BCUT2D eigenvalue weighted by Gasteiger charge is 2.29. The van der Waals surface area contributed by atoms with Crippen molar-refractivity contribution in [3.05, 3.63) is 23.8 Å². The molecule has 2 N–H and O–H groups in total. The first kappa shape index (κ1) is 29.4. The highest BCUT2D eigenvalue weighted by Crippen LogP contribution is 2.29. The number of halogens is 3. The molecule has 0 aliphatic rings. The summed E-state index contributed by atoms with van der Waals surface area (Å²) in [4.78, 5) is 25.0. The zero-order valence-electron chi connectivity index (χ0n) is 21.0. The third kappa shape index (κ3) is 12.6. The van der Waals surface area contributed by atoms with Gasteiger partial charge in [0.2, 0.25) is 5.91 Å². The van der Waals surface area contributed by atoms with E-state index < -0.39 is 36.9 Å². The van der Waals surface area contributed by atoms with Gasteiger partial charge in [0.05, 0.1) is 20.1 Å².